The van der Waals surface area contributed by atoms with Gasteiger partial charge in [-0.3, -0.25) is 9.69 Å². The summed E-state index contributed by atoms with van der Waals surface area (Å²) in [5.74, 6) is -0.346. The van der Waals surface area contributed by atoms with Gasteiger partial charge in [0.05, 0.1) is 22.8 Å². The molecule has 3 N–H and O–H groups in total. The van der Waals surface area contributed by atoms with E-state index in [9.17, 15) is 15.0 Å². The second kappa shape index (κ2) is 8.43. The number of carbonyl (C=O) groups excluding carboxylic acids is 1. The number of halogens is 1. The molecule has 3 aromatic rings. The average Bonchev–Trinajstić information content (AvgIpc) is 3.09. The molecule has 0 spiro atoms. The van der Waals surface area contributed by atoms with Crippen molar-refractivity contribution >= 4 is 17.9 Å². The van der Waals surface area contributed by atoms with Crippen LogP contribution in [0.25, 0.3) is 22.5 Å². The van der Waals surface area contributed by atoms with Gasteiger partial charge in [-0.2, -0.15) is 0 Å². The topological polar surface area (TPSA) is 107 Å². The van der Waals surface area contributed by atoms with Crippen LogP contribution in [0.1, 0.15) is 16.1 Å². The van der Waals surface area contributed by atoms with Gasteiger partial charge in [-0.15, -0.1) is 0 Å². The third-order valence-corrected chi connectivity index (χ3v) is 4.62. The Morgan fingerprint density at radius 1 is 1.18 bits per heavy atom. The fraction of sp³-hybridized carbons (Fsp3) is 0.200. The third-order valence-electron chi connectivity index (χ3n) is 4.32. The molecule has 8 heteroatoms. The largest absolute Gasteiger partial charge is 0.507 e. The Balaban J connectivity index is 2.02. The molecule has 7 nitrogen and oxygen atoms in total. The van der Waals surface area contributed by atoms with Gasteiger partial charge in [0, 0.05) is 19.2 Å². The van der Waals surface area contributed by atoms with Crippen LogP contribution in [0.5, 0.6) is 11.5 Å². The van der Waals surface area contributed by atoms with Gasteiger partial charge >= 0.3 is 0 Å². The highest BCUT2D eigenvalue weighted by molar-refractivity contribution is 6.32. The Hall–Kier alpha value is -2.87. The number of hydrogen-bond donors (Lipinski definition) is 3. The molecule has 0 unspecified atom stereocenters. The van der Waals surface area contributed by atoms with Crippen molar-refractivity contribution in [3.05, 3.63) is 52.7 Å². The molecule has 3 rings (SSSR count). The normalized spacial score (nSPS) is 11.1. The highest BCUT2D eigenvalue weighted by Crippen LogP contribution is 2.42. The standard InChI is InChI=1S/C20H19ClN2O5/c1-23(6-7-24)10-12-2-4-13(5-3-12)19-16(11-25)22-28-20(19)14-8-15(21)18(27)9-17(14)26/h2-5,8-9,11,24,26-27H,6-7,10H2,1H3. The number of phenols is 2. The molecule has 0 fully saturated rings. The lowest BCUT2D eigenvalue weighted by molar-refractivity contribution is 0.111. The van der Waals surface area contributed by atoms with Gasteiger partial charge in [-0.25, -0.2) is 0 Å². The minimum atomic E-state index is -0.268. The van der Waals surface area contributed by atoms with E-state index in [4.69, 9.17) is 21.2 Å². The van der Waals surface area contributed by atoms with Crippen molar-refractivity contribution in [1.29, 1.82) is 0 Å². The van der Waals surface area contributed by atoms with E-state index in [-0.39, 0.29) is 40.1 Å². The summed E-state index contributed by atoms with van der Waals surface area (Å²) in [6, 6.07) is 9.90. The summed E-state index contributed by atoms with van der Waals surface area (Å²) in [6.45, 7) is 1.31. The van der Waals surface area contributed by atoms with Crippen molar-refractivity contribution < 1.29 is 24.6 Å². The summed E-state index contributed by atoms with van der Waals surface area (Å²) < 4.78 is 5.31. The lowest BCUT2D eigenvalue weighted by Gasteiger charge is -2.15. The van der Waals surface area contributed by atoms with Crippen LogP contribution in [-0.2, 0) is 6.54 Å². The zero-order valence-electron chi connectivity index (χ0n) is 15.1. The SMILES string of the molecule is CN(CCO)Cc1ccc(-c2c(C=O)noc2-c2cc(Cl)c(O)cc2O)cc1. The van der Waals surface area contributed by atoms with Crippen molar-refractivity contribution in [2.24, 2.45) is 0 Å². The van der Waals surface area contributed by atoms with Gasteiger partial charge < -0.3 is 19.8 Å². The number of nitrogens with zero attached hydrogens (tertiary/aromatic N) is 2. The van der Waals surface area contributed by atoms with Crippen LogP contribution in [-0.4, -0.2) is 51.9 Å². The molecule has 0 amide bonds. The van der Waals surface area contributed by atoms with E-state index in [1.807, 2.05) is 36.2 Å². The van der Waals surface area contributed by atoms with E-state index in [2.05, 4.69) is 5.16 Å². The number of aromatic nitrogens is 1. The number of benzene rings is 2. The molecular weight excluding hydrogens is 384 g/mol. The maximum absolute atomic E-state index is 11.5. The lowest BCUT2D eigenvalue weighted by Crippen LogP contribution is -2.21. The Bertz CT molecular complexity index is 985. The maximum atomic E-state index is 11.5. The molecule has 0 bridgehead atoms. The van der Waals surface area contributed by atoms with Crippen molar-refractivity contribution in [2.45, 2.75) is 6.54 Å². The summed E-state index contributed by atoms with van der Waals surface area (Å²) in [5, 5.41) is 32.6. The van der Waals surface area contributed by atoms with Gasteiger partial charge in [0.2, 0.25) is 0 Å². The lowest BCUT2D eigenvalue weighted by atomic mass is 9.98. The summed E-state index contributed by atoms with van der Waals surface area (Å²) in [5.41, 5.74) is 2.42. The molecule has 28 heavy (non-hydrogen) atoms. The molecule has 0 saturated carbocycles. The summed E-state index contributed by atoms with van der Waals surface area (Å²) in [7, 11) is 1.91. The molecule has 2 aromatic carbocycles. The molecule has 1 aromatic heterocycles. The molecular formula is C20H19ClN2O5. The van der Waals surface area contributed by atoms with E-state index < -0.39 is 0 Å². The summed E-state index contributed by atoms with van der Waals surface area (Å²) in [6.07, 6.45) is 0.574. The Kier molecular flexibility index (Phi) is 5.99. The number of aldehydes is 1. The number of aliphatic hydroxyl groups is 1. The first-order valence-electron chi connectivity index (χ1n) is 8.50. The number of hydrogen-bond acceptors (Lipinski definition) is 7. The van der Waals surface area contributed by atoms with E-state index >= 15 is 0 Å². The molecule has 0 aliphatic heterocycles. The van der Waals surface area contributed by atoms with Crippen molar-refractivity contribution in [3.63, 3.8) is 0 Å². The number of aromatic hydroxyl groups is 2. The Labute approximate surface area is 166 Å². The zero-order chi connectivity index (χ0) is 20.3. The summed E-state index contributed by atoms with van der Waals surface area (Å²) in [4.78, 5) is 13.4. The number of aliphatic hydroxyl groups excluding tert-OH is 1. The molecule has 1 heterocycles. The van der Waals surface area contributed by atoms with Crippen molar-refractivity contribution in [2.75, 3.05) is 20.2 Å². The number of phenolic OH excluding ortho intramolecular Hbond substituents is 2. The van der Waals surface area contributed by atoms with E-state index in [1.165, 1.54) is 6.07 Å². The third kappa shape index (κ3) is 4.01. The van der Waals surface area contributed by atoms with E-state index in [0.717, 1.165) is 11.6 Å². The van der Waals surface area contributed by atoms with Gasteiger partial charge in [-0.05, 0) is 24.2 Å². The predicted molar refractivity (Wildman–Crippen MR) is 105 cm³/mol. The Morgan fingerprint density at radius 3 is 2.54 bits per heavy atom. The first kappa shape index (κ1) is 19.9. The molecule has 146 valence electrons. The van der Waals surface area contributed by atoms with Gasteiger partial charge in [-0.1, -0.05) is 41.0 Å². The van der Waals surface area contributed by atoms with Crippen molar-refractivity contribution in [3.8, 4) is 33.9 Å². The molecule has 0 atom stereocenters. The van der Waals surface area contributed by atoms with Gasteiger partial charge in [0.15, 0.2) is 17.7 Å². The summed E-state index contributed by atoms with van der Waals surface area (Å²) >= 11 is 5.95. The fourth-order valence-corrected chi connectivity index (χ4v) is 3.08. The first-order valence-corrected chi connectivity index (χ1v) is 8.87. The number of rotatable bonds is 7. The molecule has 0 aliphatic rings. The van der Waals surface area contributed by atoms with Crippen molar-refractivity contribution in [1.82, 2.24) is 10.1 Å². The minimum absolute atomic E-state index is 0.0325. The maximum Gasteiger partial charge on any atom is 0.179 e. The molecule has 0 saturated heterocycles. The quantitative estimate of drug-likeness (QED) is 0.520. The van der Waals surface area contributed by atoms with Gasteiger partial charge in [0.1, 0.15) is 11.5 Å². The van der Waals surface area contributed by atoms with Crippen LogP contribution in [0.3, 0.4) is 0 Å². The predicted octanol–water partition coefficient (Wildman–Crippen LogP) is 3.31. The first-order chi connectivity index (χ1) is 13.4. The van der Waals surface area contributed by atoms with E-state index in [1.54, 1.807) is 0 Å². The molecule has 0 radical (unpaired) electrons. The molecule has 0 aliphatic carbocycles. The van der Waals surface area contributed by atoms with Crippen LogP contribution < -0.4 is 0 Å². The minimum Gasteiger partial charge on any atom is -0.507 e. The fourth-order valence-electron chi connectivity index (χ4n) is 2.92. The smallest absolute Gasteiger partial charge is 0.179 e. The monoisotopic (exact) mass is 402 g/mol. The average molecular weight is 403 g/mol. The van der Waals surface area contributed by atoms with Crippen LogP contribution in [0.2, 0.25) is 5.02 Å². The highest BCUT2D eigenvalue weighted by Gasteiger charge is 2.22. The van der Waals surface area contributed by atoms with Gasteiger partial charge in [0.25, 0.3) is 0 Å². The number of likely N-dealkylation sites (N-methyl/N-ethyl adjacent to an activating group) is 1. The van der Waals surface area contributed by atoms with Crippen LogP contribution in [0, 0.1) is 0 Å². The van der Waals surface area contributed by atoms with E-state index in [0.29, 0.717) is 30.5 Å². The number of carbonyl (C=O) groups is 1. The second-order valence-corrected chi connectivity index (χ2v) is 6.78. The Morgan fingerprint density at radius 2 is 1.89 bits per heavy atom. The van der Waals surface area contributed by atoms with Crippen LogP contribution in [0.4, 0.5) is 0 Å². The second-order valence-electron chi connectivity index (χ2n) is 6.37. The van der Waals surface area contributed by atoms with Crippen LogP contribution >= 0.6 is 11.6 Å². The van der Waals surface area contributed by atoms with Crippen LogP contribution in [0.15, 0.2) is 40.9 Å². The highest BCUT2D eigenvalue weighted by atomic mass is 35.5. The zero-order valence-corrected chi connectivity index (χ0v) is 15.8.